The van der Waals surface area contributed by atoms with Crippen LogP contribution in [-0.2, 0) is 25.7 Å². The van der Waals surface area contributed by atoms with E-state index in [-0.39, 0.29) is 30.8 Å². The van der Waals surface area contributed by atoms with Gasteiger partial charge in [-0.15, -0.1) is 0 Å². The molecule has 0 heterocycles. The van der Waals surface area contributed by atoms with Crippen LogP contribution in [0.15, 0.2) is 24.3 Å². The Labute approximate surface area is 143 Å². The van der Waals surface area contributed by atoms with E-state index in [4.69, 9.17) is 4.74 Å². The normalized spacial score (nSPS) is 11.5. The number of ketones is 1. The summed E-state index contributed by atoms with van der Waals surface area (Å²) in [5, 5.41) is 5.77. The van der Waals surface area contributed by atoms with Crippen molar-refractivity contribution in [1.82, 2.24) is 5.32 Å². The molecule has 0 spiro atoms. The average Bonchev–Trinajstić information content (AvgIpc) is 2.55. The Morgan fingerprint density at radius 2 is 1.79 bits per heavy atom. The van der Waals surface area contributed by atoms with E-state index in [1.165, 1.54) is 13.8 Å². The van der Waals surface area contributed by atoms with E-state index in [2.05, 4.69) is 10.6 Å². The van der Waals surface area contributed by atoms with Crippen LogP contribution in [0, 0.1) is 0 Å². The van der Waals surface area contributed by atoms with E-state index in [1.54, 1.807) is 0 Å². The second-order valence-corrected chi connectivity index (χ2v) is 5.69. The second-order valence-electron chi connectivity index (χ2n) is 5.69. The van der Waals surface area contributed by atoms with Gasteiger partial charge in [0.05, 0.1) is 12.6 Å². The van der Waals surface area contributed by atoms with Crippen LogP contribution in [0.4, 0.5) is 5.69 Å². The lowest BCUT2D eigenvalue weighted by Crippen LogP contribution is -2.42. The summed E-state index contributed by atoms with van der Waals surface area (Å²) >= 11 is 0. The van der Waals surface area contributed by atoms with Crippen molar-refractivity contribution >= 4 is 23.3 Å². The van der Waals surface area contributed by atoms with Gasteiger partial charge in [0.1, 0.15) is 6.61 Å². The number of ether oxygens (including phenoxy) is 1. The molecule has 0 aliphatic carbocycles. The number of Topliss-reactive ketones (excluding diaryl/α,β-unsaturated/α-hetero) is 1. The lowest BCUT2D eigenvalue weighted by atomic mass is 10.1. The van der Waals surface area contributed by atoms with Crippen molar-refractivity contribution in [3.8, 4) is 0 Å². The maximum Gasteiger partial charge on any atom is 0.302 e. The topological polar surface area (TPSA) is 84.5 Å². The van der Waals surface area contributed by atoms with Crippen LogP contribution in [0.1, 0.15) is 45.6 Å². The SMILES string of the molecule is CCCCC(NC(C)=O)C(=O)CNc1ccc(COC(C)=O)cc1. The molecule has 0 radical (unpaired) electrons. The molecule has 1 amide bonds. The summed E-state index contributed by atoms with van der Waals surface area (Å²) in [7, 11) is 0. The molecule has 2 N–H and O–H groups in total. The minimum absolute atomic E-state index is 0.0392. The van der Waals surface area contributed by atoms with E-state index in [0.717, 1.165) is 24.1 Å². The fraction of sp³-hybridized carbons (Fsp3) is 0.500. The molecule has 0 saturated heterocycles. The summed E-state index contributed by atoms with van der Waals surface area (Å²) in [4.78, 5) is 34.3. The van der Waals surface area contributed by atoms with Crippen LogP contribution < -0.4 is 10.6 Å². The third-order valence-corrected chi connectivity index (χ3v) is 3.48. The van der Waals surface area contributed by atoms with Crippen molar-refractivity contribution in [2.24, 2.45) is 0 Å². The number of hydrogen-bond donors (Lipinski definition) is 2. The summed E-state index contributed by atoms with van der Waals surface area (Å²) in [5.41, 5.74) is 1.67. The number of hydrogen-bond acceptors (Lipinski definition) is 5. The number of anilines is 1. The quantitative estimate of drug-likeness (QED) is 0.642. The lowest BCUT2D eigenvalue weighted by Gasteiger charge is -2.17. The predicted octanol–water partition coefficient (Wildman–Crippen LogP) is 2.43. The average molecular weight is 334 g/mol. The van der Waals surface area contributed by atoms with E-state index >= 15 is 0 Å². The van der Waals surface area contributed by atoms with Crippen molar-refractivity contribution in [2.75, 3.05) is 11.9 Å². The zero-order chi connectivity index (χ0) is 17.9. The van der Waals surface area contributed by atoms with Gasteiger partial charge >= 0.3 is 5.97 Å². The van der Waals surface area contributed by atoms with Crippen LogP contribution in [-0.4, -0.2) is 30.2 Å². The minimum Gasteiger partial charge on any atom is -0.461 e. The zero-order valence-electron chi connectivity index (χ0n) is 14.6. The Balaban J connectivity index is 2.51. The largest absolute Gasteiger partial charge is 0.461 e. The van der Waals surface area contributed by atoms with Gasteiger partial charge in [0.2, 0.25) is 5.91 Å². The highest BCUT2D eigenvalue weighted by Gasteiger charge is 2.18. The van der Waals surface area contributed by atoms with Crippen molar-refractivity contribution in [2.45, 2.75) is 52.7 Å². The van der Waals surface area contributed by atoms with Gasteiger partial charge in [0, 0.05) is 19.5 Å². The number of unbranched alkanes of at least 4 members (excludes halogenated alkanes) is 1. The molecule has 0 bridgehead atoms. The maximum absolute atomic E-state index is 12.3. The van der Waals surface area contributed by atoms with Crippen molar-refractivity contribution in [1.29, 1.82) is 0 Å². The molecule has 0 saturated carbocycles. The molecule has 24 heavy (non-hydrogen) atoms. The van der Waals surface area contributed by atoms with Gasteiger partial charge in [0.25, 0.3) is 0 Å². The van der Waals surface area contributed by atoms with Gasteiger partial charge in [0.15, 0.2) is 5.78 Å². The minimum atomic E-state index is -0.446. The Morgan fingerprint density at radius 1 is 1.12 bits per heavy atom. The van der Waals surface area contributed by atoms with Gasteiger partial charge in [-0.25, -0.2) is 0 Å². The first-order chi connectivity index (χ1) is 11.4. The fourth-order valence-electron chi connectivity index (χ4n) is 2.18. The summed E-state index contributed by atoms with van der Waals surface area (Å²) in [6, 6.07) is 6.87. The van der Waals surface area contributed by atoms with E-state index in [1.807, 2.05) is 31.2 Å². The molecule has 6 nitrogen and oxygen atoms in total. The first-order valence-electron chi connectivity index (χ1n) is 8.18. The molecule has 1 atom stereocenters. The summed E-state index contributed by atoms with van der Waals surface area (Å²) in [6.07, 6.45) is 2.51. The lowest BCUT2D eigenvalue weighted by molar-refractivity contribution is -0.142. The number of carbonyl (C=O) groups excluding carboxylic acids is 3. The molecule has 6 heteroatoms. The maximum atomic E-state index is 12.3. The third kappa shape index (κ3) is 7.76. The van der Waals surface area contributed by atoms with Crippen molar-refractivity contribution in [3.05, 3.63) is 29.8 Å². The fourth-order valence-corrected chi connectivity index (χ4v) is 2.18. The van der Waals surface area contributed by atoms with E-state index < -0.39 is 6.04 Å². The smallest absolute Gasteiger partial charge is 0.302 e. The van der Waals surface area contributed by atoms with Crippen LogP contribution in [0.25, 0.3) is 0 Å². The number of amides is 1. The summed E-state index contributed by atoms with van der Waals surface area (Å²) in [6.45, 7) is 5.21. The molecule has 1 aromatic carbocycles. The molecular formula is C18H26N2O4. The van der Waals surface area contributed by atoms with Crippen LogP contribution >= 0.6 is 0 Å². The second kappa shape index (κ2) is 10.4. The predicted molar refractivity (Wildman–Crippen MR) is 92.5 cm³/mol. The highest BCUT2D eigenvalue weighted by molar-refractivity contribution is 5.91. The number of esters is 1. The monoisotopic (exact) mass is 334 g/mol. The molecule has 1 aromatic rings. The molecule has 0 aliphatic rings. The molecule has 0 aromatic heterocycles. The molecule has 1 rings (SSSR count). The Bertz CT molecular complexity index is 555. The zero-order valence-corrected chi connectivity index (χ0v) is 14.6. The Kier molecular flexibility index (Phi) is 8.54. The van der Waals surface area contributed by atoms with Gasteiger partial charge in [-0.2, -0.15) is 0 Å². The number of carbonyl (C=O) groups is 3. The summed E-state index contributed by atoms with van der Waals surface area (Å²) in [5.74, 6) is -0.555. The molecule has 0 aliphatic heterocycles. The van der Waals surface area contributed by atoms with Gasteiger partial charge in [-0.1, -0.05) is 31.9 Å². The molecule has 1 unspecified atom stereocenters. The van der Waals surface area contributed by atoms with E-state index in [0.29, 0.717) is 6.42 Å². The Morgan fingerprint density at radius 3 is 2.33 bits per heavy atom. The summed E-state index contributed by atoms with van der Waals surface area (Å²) < 4.78 is 4.92. The van der Waals surface area contributed by atoms with Crippen LogP contribution in [0.5, 0.6) is 0 Å². The first kappa shape index (κ1) is 19.7. The Hall–Kier alpha value is -2.37. The van der Waals surface area contributed by atoms with Crippen LogP contribution in [0.3, 0.4) is 0 Å². The van der Waals surface area contributed by atoms with Crippen LogP contribution in [0.2, 0.25) is 0 Å². The van der Waals surface area contributed by atoms with Gasteiger partial charge in [-0.3, -0.25) is 14.4 Å². The molecule has 132 valence electrons. The molecule has 0 fully saturated rings. The van der Waals surface area contributed by atoms with Crippen molar-refractivity contribution in [3.63, 3.8) is 0 Å². The number of benzene rings is 1. The number of rotatable bonds is 10. The van der Waals surface area contributed by atoms with Gasteiger partial charge < -0.3 is 15.4 Å². The van der Waals surface area contributed by atoms with Gasteiger partial charge in [-0.05, 0) is 24.1 Å². The van der Waals surface area contributed by atoms with Crippen molar-refractivity contribution < 1.29 is 19.1 Å². The molecular weight excluding hydrogens is 308 g/mol. The highest BCUT2D eigenvalue weighted by Crippen LogP contribution is 2.11. The first-order valence-corrected chi connectivity index (χ1v) is 8.18. The highest BCUT2D eigenvalue weighted by atomic mass is 16.5. The standard InChI is InChI=1S/C18H26N2O4/c1-4-5-6-17(20-13(2)21)18(23)11-19-16-9-7-15(8-10-16)12-24-14(3)22/h7-10,17,19H,4-6,11-12H2,1-3H3,(H,20,21). The number of nitrogens with one attached hydrogen (secondary N) is 2. The van der Waals surface area contributed by atoms with E-state index in [9.17, 15) is 14.4 Å². The third-order valence-electron chi connectivity index (χ3n) is 3.48.